The van der Waals surface area contributed by atoms with Crippen LogP contribution in [0.25, 0.3) is 17.3 Å². The molecule has 2 aromatic heterocycles. The summed E-state index contributed by atoms with van der Waals surface area (Å²) < 4.78 is 0. The van der Waals surface area contributed by atoms with Crippen molar-refractivity contribution in [1.82, 2.24) is 15.0 Å². The monoisotopic (exact) mass is 408 g/mol. The number of carbonyl (C=O) groups is 1. The number of nitrogens with zero attached hydrogens (tertiary/aromatic N) is 3. The van der Waals surface area contributed by atoms with Gasteiger partial charge in [0.15, 0.2) is 0 Å². The minimum atomic E-state index is -0.260. The molecule has 4 rings (SSSR count). The van der Waals surface area contributed by atoms with Crippen LogP contribution >= 0.6 is 0 Å². The van der Waals surface area contributed by atoms with Crippen molar-refractivity contribution in [3.63, 3.8) is 0 Å². The maximum atomic E-state index is 12.2. The molecular weight excluding hydrogens is 388 g/mol. The number of aromatic nitrogens is 3. The van der Waals surface area contributed by atoms with Gasteiger partial charge in [-0.2, -0.15) is 0 Å². The first-order valence-electron chi connectivity index (χ1n) is 9.61. The number of anilines is 4. The smallest absolute Gasteiger partial charge is 0.248 e. The molecule has 7 heteroatoms. The van der Waals surface area contributed by atoms with Crippen molar-refractivity contribution in [2.75, 3.05) is 16.4 Å². The van der Waals surface area contributed by atoms with Crippen molar-refractivity contribution >= 4 is 35.0 Å². The summed E-state index contributed by atoms with van der Waals surface area (Å²) in [6, 6.07) is 20.4. The van der Waals surface area contributed by atoms with Crippen molar-refractivity contribution in [1.29, 1.82) is 0 Å². The molecule has 152 valence electrons. The Labute approximate surface area is 179 Å². The van der Waals surface area contributed by atoms with E-state index in [9.17, 15) is 4.79 Å². The van der Waals surface area contributed by atoms with Crippen molar-refractivity contribution in [3.05, 3.63) is 97.0 Å². The van der Waals surface area contributed by atoms with E-state index in [1.54, 1.807) is 36.8 Å². The third kappa shape index (κ3) is 5.30. The van der Waals surface area contributed by atoms with Gasteiger partial charge in [0.25, 0.3) is 0 Å². The predicted octanol–water partition coefficient (Wildman–Crippen LogP) is 4.52. The number of hydrogen-bond acceptors (Lipinski definition) is 6. The molecule has 2 aromatic carbocycles. The molecule has 4 aromatic rings. The molecular formula is C24H20N6O. The van der Waals surface area contributed by atoms with Crippen LogP contribution < -0.4 is 16.4 Å². The highest BCUT2D eigenvalue weighted by Gasteiger charge is 2.04. The number of para-hydroxylation sites is 2. The maximum absolute atomic E-state index is 12.2. The highest BCUT2D eigenvalue weighted by atomic mass is 16.1. The van der Waals surface area contributed by atoms with Crippen LogP contribution in [0.4, 0.5) is 23.0 Å². The maximum Gasteiger partial charge on any atom is 0.248 e. The normalized spacial score (nSPS) is 10.7. The average molecular weight is 408 g/mol. The van der Waals surface area contributed by atoms with Crippen LogP contribution in [-0.2, 0) is 4.79 Å². The zero-order valence-corrected chi connectivity index (χ0v) is 16.6. The second kappa shape index (κ2) is 9.32. The summed E-state index contributed by atoms with van der Waals surface area (Å²) in [6.07, 6.45) is 8.36. The van der Waals surface area contributed by atoms with E-state index in [0.29, 0.717) is 17.3 Å². The summed E-state index contributed by atoms with van der Waals surface area (Å²) in [5, 5.41) is 5.96. The first kappa shape index (κ1) is 19.8. The summed E-state index contributed by atoms with van der Waals surface area (Å²) in [5.74, 6) is 0.212. The molecule has 2 heterocycles. The Bertz CT molecular complexity index is 1220. The number of rotatable bonds is 6. The number of amides is 1. The molecule has 4 N–H and O–H groups in total. The van der Waals surface area contributed by atoms with Gasteiger partial charge >= 0.3 is 0 Å². The molecule has 0 unspecified atom stereocenters. The summed E-state index contributed by atoms with van der Waals surface area (Å²) in [6.45, 7) is 0. The number of hydrogen-bond donors (Lipinski definition) is 3. The van der Waals surface area contributed by atoms with Gasteiger partial charge in [-0.1, -0.05) is 24.3 Å². The largest absolute Gasteiger partial charge is 0.397 e. The van der Waals surface area contributed by atoms with E-state index >= 15 is 0 Å². The SMILES string of the molecule is Nc1ccccc1NC(=O)/C=C/c1cccc(Nc2nccc(-c3cccnc3)n2)c1. The molecule has 0 aliphatic rings. The van der Waals surface area contributed by atoms with Gasteiger partial charge in [-0.3, -0.25) is 9.78 Å². The number of carbonyl (C=O) groups excluding carboxylic acids is 1. The summed E-state index contributed by atoms with van der Waals surface area (Å²) in [5.41, 5.74) is 10.3. The predicted molar refractivity (Wildman–Crippen MR) is 124 cm³/mol. The second-order valence-corrected chi connectivity index (χ2v) is 6.67. The fraction of sp³-hybridized carbons (Fsp3) is 0. The van der Waals surface area contributed by atoms with Crippen molar-refractivity contribution < 1.29 is 4.79 Å². The fourth-order valence-corrected chi connectivity index (χ4v) is 2.90. The Kier molecular flexibility index (Phi) is 5.95. The highest BCUT2D eigenvalue weighted by molar-refractivity contribution is 6.03. The molecule has 31 heavy (non-hydrogen) atoms. The van der Waals surface area contributed by atoms with Crippen LogP contribution in [0.1, 0.15) is 5.56 Å². The number of nitrogens with one attached hydrogen (secondary N) is 2. The van der Waals surface area contributed by atoms with Crippen molar-refractivity contribution in [2.45, 2.75) is 0 Å². The Hall–Kier alpha value is -4.52. The number of nitrogens with two attached hydrogens (primary N) is 1. The topological polar surface area (TPSA) is 106 Å². The number of benzene rings is 2. The van der Waals surface area contributed by atoms with E-state index in [1.165, 1.54) is 6.08 Å². The molecule has 1 amide bonds. The highest BCUT2D eigenvalue weighted by Crippen LogP contribution is 2.20. The molecule has 0 saturated carbocycles. The van der Waals surface area contributed by atoms with Crippen LogP contribution in [-0.4, -0.2) is 20.9 Å². The first-order valence-corrected chi connectivity index (χ1v) is 9.61. The molecule has 0 bridgehead atoms. The van der Waals surface area contributed by atoms with Crippen molar-refractivity contribution in [3.8, 4) is 11.3 Å². The van der Waals surface area contributed by atoms with E-state index in [0.717, 1.165) is 22.5 Å². The third-order valence-electron chi connectivity index (χ3n) is 4.40. The van der Waals surface area contributed by atoms with E-state index in [4.69, 9.17) is 5.73 Å². The lowest BCUT2D eigenvalue weighted by Crippen LogP contribution is -2.09. The lowest BCUT2D eigenvalue weighted by Gasteiger charge is -2.07. The first-order chi connectivity index (χ1) is 15.2. The molecule has 0 aliphatic heterocycles. The van der Waals surface area contributed by atoms with Crippen LogP contribution in [0.5, 0.6) is 0 Å². The molecule has 0 fully saturated rings. The molecule has 7 nitrogen and oxygen atoms in total. The minimum absolute atomic E-state index is 0.260. The van der Waals surface area contributed by atoms with Crippen LogP contribution in [0.15, 0.2) is 91.4 Å². The summed E-state index contributed by atoms with van der Waals surface area (Å²) in [7, 11) is 0. The second-order valence-electron chi connectivity index (χ2n) is 6.67. The van der Waals surface area contributed by atoms with Crippen LogP contribution in [0, 0.1) is 0 Å². The van der Waals surface area contributed by atoms with Gasteiger partial charge < -0.3 is 16.4 Å². The molecule has 0 saturated heterocycles. The Balaban J connectivity index is 1.45. The third-order valence-corrected chi connectivity index (χ3v) is 4.40. The Morgan fingerprint density at radius 1 is 0.968 bits per heavy atom. The number of pyridine rings is 1. The van der Waals surface area contributed by atoms with Crippen LogP contribution in [0.2, 0.25) is 0 Å². The lowest BCUT2D eigenvalue weighted by atomic mass is 10.2. The average Bonchev–Trinajstić information content (AvgIpc) is 2.80. The minimum Gasteiger partial charge on any atom is -0.397 e. The van der Waals surface area contributed by atoms with Gasteiger partial charge in [0, 0.05) is 35.9 Å². The lowest BCUT2D eigenvalue weighted by molar-refractivity contribution is -0.111. The van der Waals surface area contributed by atoms with E-state index in [-0.39, 0.29) is 5.91 Å². The van der Waals surface area contributed by atoms with Gasteiger partial charge in [0.05, 0.1) is 17.1 Å². The van der Waals surface area contributed by atoms with Gasteiger partial charge in [-0.15, -0.1) is 0 Å². The van der Waals surface area contributed by atoms with Crippen molar-refractivity contribution in [2.24, 2.45) is 0 Å². The van der Waals surface area contributed by atoms with Gasteiger partial charge in [0.1, 0.15) is 0 Å². The fourth-order valence-electron chi connectivity index (χ4n) is 2.90. The van der Waals surface area contributed by atoms with Gasteiger partial charge in [-0.05, 0) is 54.1 Å². The summed E-state index contributed by atoms with van der Waals surface area (Å²) >= 11 is 0. The Morgan fingerprint density at radius 2 is 1.87 bits per heavy atom. The molecule has 0 atom stereocenters. The summed E-state index contributed by atoms with van der Waals surface area (Å²) in [4.78, 5) is 25.1. The van der Waals surface area contributed by atoms with Gasteiger partial charge in [0.2, 0.25) is 11.9 Å². The zero-order valence-electron chi connectivity index (χ0n) is 16.6. The van der Waals surface area contributed by atoms with Gasteiger partial charge in [-0.25, -0.2) is 9.97 Å². The Morgan fingerprint density at radius 3 is 2.71 bits per heavy atom. The molecule has 0 aliphatic carbocycles. The van der Waals surface area contributed by atoms with E-state index < -0.39 is 0 Å². The van der Waals surface area contributed by atoms with E-state index in [1.807, 2.05) is 54.6 Å². The van der Waals surface area contributed by atoms with E-state index in [2.05, 4.69) is 25.6 Å². The quantitative estimate of drug-likeness (QED) is 0.320. The zero-order chi connectivity index (χ0) is 21.5. The molecule has 0 radical (unpaired) electrons. The van der Waals surface area contributed by atoms with Crippen LogP contribution in [0.3, 0.4) is 0 Å². The molecule has 0 spiro atoms. The standard InChI is InChI=1S/C24H20N6O/c25-20-8-1-2-9-22(20)29-23(31)11-10-17-5-3-7-19(15-17)28-24-27-14-12-21(30-24)18-6-4-13-26-16-18/h1-16H,25H2,(H,29,31)(H,27,28,30)/b11-10+. The number of nitrogen functional groups attached to an aromatic ring is 1.